The molecule has 0 bridgehead atoms. The topological polar surface area (TPSA) is 118 Å². The molecule has 0 aliphatic carbocycles. The molecular weight excluding hydrogens is 314 g/mol. The van der Waals surface area contributed by atoms with E-state index in [1.165, 1.54) is 0 Å². The molecule has 0 saturated heterocycles. The molecule has 0 radical (unpaired) electrons. The molecule has 0 spiro atoms. The first kappa shape index (κ1) is 18.1. The van der Waals surface area contributed by atoms with Crippen LogP contribution in [0.5, 0.6) is 0 Å². The molecule has 0 fully saturated rings. The van der Waals surface area contributed by atoms with Crippen molar-refractivity contribution < 1.29 is 16.8 Å². The molecule has 0 saturated carbocycles. The monoisotopic (exact) mass is 335 g/mol. The third-order valence-electron chi connectivity index (χ3n) is 2.67. The van der Waals surface area contributed by atoms with Gasteiger partial charge in [0.05, 0.1) is 11.5 Å². The van der Waals surface area contributed by atoms with Crippen LogP contribution in [0.15, 0.2) is 24.3 Å². The molecule has 7 nitrogen and oxygen atoms in total. The molecule has 0 atom stereocenters. The Morgan fingerprint density at radius 2 is 1.52 bits per heavy atom. The summed E-state index contributed by atoms with van der Waals surface area (Å²) in [4.78, 5) is 0. The third-order valence-corrected chi connectivity index (χ3v) is 5.50. The Morgan fingerprint density at radius 3 is 2.05 bits per heavy atom. The molecular formula is C12H21N3O4S2. The minimum atomic E-state index is -3.57. The molecule has 1 aromatic carbocycles. The SMILES string of the molecule is CCNS(=O)(=O)CCNS(=O)(=O)Cc1ccc(CN)cc1. The van der Waals surface area contributed by atoms with Crippen molar-refractivity contribution >= 4 is 20.0 Å². The van der Waals surface area contributed by atoms with Crippen molar-refractivity contribution in [3.8, 4) is 0 Å². The molecule has 4 N–H and O–H groups in total. The molecule has 9 heteroatoms. The first-order valence-corrected chi connectivity index (χ1v) is 9.81. The fourth-order valence-corrected chi connectivity index (χ4v) is 3.90. The zero-order valence-corrected chi connectivity index (χ0v) is 13.5. The van der Waals surface area contributed by atoms with Crippen LogP contribution in [-0.2, 0) is 32.3 Å². The minimum Gasteiger partial charge on any atom is -0.326 e. The van der Waals surface area contributed by atoms with E-state index in [1.54, 1.807) is 31.2 Å². The summed E-state index contributed by atoms with van der Waals surface area (Å²) in [6.45, 7) is 2.18. The lowest BCUT2D eigenvalue weighted by atomic mass is 10.1. The second-order valence-electron chi connectivity index (χ2n) is 4.49. The Bertz CT molecular complexity index is 640. The number of hydrogen-bond acceptors (Lipinski definition) is 5. The van der Waals surface area contributed by atoms with Crippen molar-refractivity contribution in [1.82, 2.24) is 9.44 Å². The van der Waals surface area contributed by atoms with E-state index in [9.17, 15) is 16.8 Å². The van der Waals surface area contributed by atoms with Gasteiger partial charge in [-0.25, -0.2) is 26.3 Å². The summed E-state index contributed by atoms with van der Waals surface area (Å²) in [6, 6.07) is 6.91. The van der Waals surface area contributed by atoms with Gasteiger partial charge >= 0.3 is 0 Å². The lowest BCUT2D eigenvalue weighted by Crippen LogP contribution is -2.34. The summed E-state index contributed by atoms with van der Waals surface area (Å²) >= 11 is 0. The Balaban J connectivity index is 2.53. The summed E-state index contributed by atoms with van der Waals surface area (Å²) in [5, 5.41) is 0. The van der Waals surface area contributed by atoms with Gasteiger partial charge in [0.15, 0.2) is 0 Å². The fourth-order valence-electron chi connectivity index (χ4n) is 1.67. The summed E-state index contributed by atoms with van der Waals surface area (Å²) in [6.07, 6.45) is 0. The van der Waals surface area contributed by atoms with Gasteiger partial charge in [-0.3, -0.25) is 0 Å². The zero-order chi connectivity index (χ0) is 15.9. The maximum atomic E-state index is 11.8. The summed E-state index contributed by atoms with van der Waals surface area (Å²) < 4.78 is 51.0. The fraction of sp³-hybridized carbons (Fsp3) is 0.500. The molecule has 0 aromatic heterocycles. The molecule has 0 unspecified atom stereocenters. The number of hydrogen-bond donors (Lipinski definition) is 3. The standard InChI is InChI=1S/C12H21N3O4S2/c1-2-14-20(16,17)8-7-15-21(18,19)10-12-5-3-11(9-13)4-6-12/h3-6,14-15H,2,7-10,13H2,1H3. The van der Waals surface area contributed by atoms with Crippen LogP contribution >= 0.6 is 0 Å². The van der Waals surface area contributed by atoms with E-state index in [0.717, 1.165) is 5.56 Å². The molecule has 1 aromatic rings. The van der Waals surface area contributed by atoms with Gasteiger partial charge in [0, 0.05) is 19.6 Å². The van der Waals surface area contributed by atoms with E-state index < -0.39 is 20.0 Å². The van der Waals surface area contributed by atoms with Crippen LogP contribution < -0.4 is 15.2 Å². The third kappa shape index (κ3) is 7.00. The maximum Gasteiger partial charge on any atom is 0.215 e. The van der Waals surface area contributed by atoms with E-state index in [1.807, 2.05) is 0 Å². The van der Waals surface area contributed by atoms with Crippen LogP contribution in [-0.4, -0.2) is 35.7 Å². The number of rotatable bonds is 9. The summed E-state index contributed by atoms with van der Waals surface area (Å²) in [5.74, 6) is -0.481. The average molecular weight is 335 g/mol. The molecule has 0 heterocycles. The number of nitrogens with two attached hydrogens (primary N) is 1. The number of nitrogens with one attached hydrogen (secondary N) is 2. The van der Waals surface area contributed by atoms with Crippen LogP contribution in [0.3, 0.4) is 0 Å². The highest BCUT2D eigenvalue weighted by molar-refractivity contribution is 7.90. The molecule has 21 heavy (non-hydrogen) atoms. The van der Waals surface area contributed by atoms with Crippen LogP contribution in [0.2, 0.25) is 0 Å². The molecule has 120 valence electrons. The highest BCUT2D eigenvalue weighted by Crippen LogP contribution is 2.07. The van der Waals surface area contributed by atoms with Crippen molar-refractivity contribution in [1.29, 1.82) is 0 Å². The van der Waals surface area contributed by atoms with Gasteiger partial charge in [-0.1, -0.05) is 31.2 Å². The zero-order valence-electron chi connectivity index (χ0n) is 11.9. The molecule has 0 aliphatic rings. The van der Waals surface area contributed by atoms with Gasteiger partial charge < -0.3 is 5.73 Å². The summed E-state index contributed by atoms with van der Waals surface area (Å²) in [7, 11) is -6.99. The lowest BCUT2D eigenvalue weighted by molar-refractivity contribution is 0.576. The number of benzene rings is 1. The van der Waals surface area contributed by atoms with E-state index in [2.05, 4.69) is 9.44 Å². The minimum absolute atomic E-state index is 0.154. The Hall–Kier alpha value is -1.00. The second kappa shape index (κ2) is 7.85. The van der Waals surface area contributed by atoms with Crippen molar-refractivity contribution in [2.24, 2.45) is 5.73 Å². The van der Waals surface area contributed by atoms with Crippen molar-refractivity contribution in [3.63, 3.8) is 0 Å². The Kier molecular flexibility index (Phi) is 6.75. The van der Waals surface area contributed by atoms with Gasteiger partial charge in [0.2, 0.25) is 20.0 Å². The van der Waals surface area contributed by atoms with Crippen LogP contribution in [0.25, 0.3) is 0 Å². The van der Waals surface area contributed by atoms with Crippen LogP contribution in [0, 0.1) is 0 Å². The van der Waals surface area contributed by atoms with Gasteiger partial charge in [-0.05, 0) is 11.1 Å². The average Bonchev–Trinajstić information content (AvgIpc) is 2.38. The normalized spacial score (nSPS) is 12.5. The van der Waals surface area contributed by atoms with E-state index in [-0.39, 0.29) is 24.6 Å². The van der Waals surface area contributed by atoms with Crippen molar-refractivity contribution in [2.45, 2.75) is 19.2 Å². The van der Waals surface area contributed by atoms with Crippen molar-refractivity contribution in [3.05, 3.63) is 35.4 Å². The highest BCUT2D eigenvalue weighted by Gasteiger charge is 2.14. The van der Waals surface area contributed by atoms with Gasteiger partial charge in [-0.15, -0.1) is 0 Å². The lowest BCUT2D eigenvalue weighted by Gasteiger charge is -2.08. The van der Waals surface area contributed by atoms with E-state index in [0.29, 0.717) is 12.1 Å². The largest absolute Gasteiger partial charge is 0.326 e. The van der Waals surface area contributed by atoms with E-state index >= 15 is 0 Å². The molecule has 0 aliphatic heterocycles. The first-order chi connectivity index (χ1) is 9.78. The molecule has 0 amide bonds. The van der Waals surface area contributed by atoms with Gasteiger partial charge in [0.1, 0.15) is 0 Å². The number of sulfonamides is 2. The quantitative estimate of drug-likeness (QED) is 0.562. The van der Waals surface area contributed by atoms with Crippen molar-refractivity contribution in [2.75, 3.05) is 18.8 Å². The van der Waals surface area contributed by atoms with E-state index in [4.69, 9.17) is 5.73 Å². The highest BCUT2D eigenvalue weighted by atomic mass is 32.2. The maximum absolute atomic E-state index is 11.8. The smallest absolute Gasteiger partial charge is 0.215 e. The Labute approximate surface area is 126 Å². The summed E-state index contributed by atoms with van der Waals surface area (Å²) in [5.41, 5.74) is 7.00. The van der Waals surface area contributed by atoms with Crippen LogP contribution in [0.1, 0.15) is 18.1 Å². The predicted octanol–water partition coefficient (Wildman–Crippen LogP) is -0.496. The second-order valence-corrected chi connectivity index (χ2v) is 8.22. The van der Waals surface area contributed by atoms with Crippen LogP contribution in [0.4, 0.5) is 0 Å². The van der Waals surface area contributed by atoms with Gasteiger partial charge in [-0.2, -0.15) is 0 Å². The Morgan fingerprint density at radius 1 is 0.952 bits per heavy atom. The predicted molar refractivity (Wildman–Crippen MR) is 82.4 cm³/mol. The first-order valence-electron chi connectivity index (χ1n) is 6.50. The van der Waals surface area contributed by atoms with Gasteiger partial charge in [0.25, 0.3) is 0 Å². The molecule has 1 rings (SSSR count).